The summed E-state index contributed by atoms with van der Waals surface area (Å²) < 4.78 is 11.2. The van der Waals surface area contributed by atoms with E-state index in [1.165, 1.54) is 11.1 Å². The highest BCUT2D eigenvalue weighted by atomic mass is 16.5. The SMILES string of the molecule is NC1(C2(c3ccc4c(c3)CCCO4)COC2)CC1. The third kappa shape index (κ3) is 1.32. The van der Waals surface area contributed by atoms with E-state index >= 15 is 0 Å². The molecule has 96 valence electrons. The van der Waals surface area contributed by atoms with E-state index < -0.39 is 0 Å². The number of ether oxygens (including phenoxy) is 2. The van der Waals surface area contributed by atoms with Gasteiger partial charge in [0.25, 0.3) is 0 Å². The smallest absolute Gasteiger partial charge is 0.122 e. The second kappa shape index (κ2) is 3.49. The fraction of sp³-hybridized carbons (Fsp3) is 0.600. The standard InChI is InChI=1S/C15H19NO2/c16-15(5-6-15)14(9-17-10-14)12-3-4-13-11(8-12)2-1-7-18-13/h3-4,8H,1-2,5-7,9-10,16H2. The van der Waals surface area contributed by atoms with Crippen LogP contribution in [0.25, 0.3) is 0 Å². The monoisotopic (exact) mass is 245 g/mol. The van der Waals surface area contributed by atoms with Gasteiger partial charge >= 0.3 is 0 Å². The molecule has 1 aliphatic carbocycles. The van der Waals surface area contributed by atoms with E-state index in [1.54, 1.807) is 0 Å². The van der Waals surface area contributed by atoms with Crippen LogP contribution in [0.5, 0.6) is 5.75 Å². The molecule has 0 radical (unpaired) electrons. The Bertz CT molecular complexity index is 489. The summed E-state index contributed by atoms with van der Waals surface area (Å²) in [6.07, 6.45) is 4.50. The molecule has 4 rings (SSSR count). The summed E-state index contributed by atoms with van der Waals surface area (Å²) in [6, 6.07) is 6.62. The van der Waals surface area contributed by atoms with Crippen LogP contribution in [-0.4, -0.2) is 25.4 Å². The normalized spacial score (nSPS) is 26.7. The summed E-state index contributed by atoms with van der Waals surface area (Å²) in [7, 11) is 0. The van der Waals surface area contributed by atoms with Crippen molar-refractivity contribution in [2.45, 2.75) is 36.6 Å². The quantitative estimate of drug-likeness (QED) is 0.863. The Morgan fingerprint density at radius 3 is 2.67 bits per heavy atom. The maximum atomic E-state index is 6.48. The van der Waals surface area contributed by atoms with Crippen molar-refractivity contribution in [2.24, 2.45) is 5.73 Å². The molecular weight excluding hydrogens is 226 g/mol. The van der Waals surface area contributed by atoms with Crippen LogP contribution < -0.4 is 10.5 Å². The lowest BCUT2D eigenvalue weighted by Crippen LogP contribution is -2.60. The third-order valence-electron chi connectivity index (χ3n) is 4.90. The molecule has 3 nitrogen and oxygen atoms in total. The lowest BCUT2D eigenvalue weighted by Gasteiger charge is -2.47. The van der Waals surface area contributed by atoms with Crippen LogP contribution in [0, 0.1) is 0 Å². The number of hydrogen-bond donors (Lipinski definition) is 1. The highest BCUT2D eigenvalue weighted by molar-refractivity contribution is 5.45. The lowest BCUT2D eigenvalue weighted by atomic mass is 9.70. The van der Waals surface area contributed by atoms with Crippen molar-refractivity contribution >= 4 is 0 Å². The van der Waals surface area contributed by atoms with E-state index in [2.05, 4.69) is 18.2 Å². The predicted octanol–water partition coefficient (Wildman–Crippen LogP) is 1.77. The molecule has 3 aliphatic rings. The molecule has 2 N–H and O–H groups in total. The van der Waals surface area contributed by atoms with Crippen molar-refractivity contribution < 1.29 is 9.47 Å². The first-order valence-electron chi connectivity index (χ1n) is 6.86. The summed E-state index contributed by atoms with van der Waals surface area (Å²) in [4.78, 5) is 0. The Morgan fingerprint density at radius 1 is 1.17 bits per heavy atom. The lowest BCUT2D eigenvalue weighted by molar-refractivity contribution is -0.0786. The van der Waals surface area contributed by atoms with Crippen molar-refractivity contribution in [2.75, 3.05) is 19.8 Å². The van der Waals surface area contributed by atoms with E-state index in [9.17, 15) is 0 Å². The fourth-order valence-electron chi connectivity index (χ4n) is 3.32. The molecule has 1 aromatic rings. The fourth-order valence-corrected chi connectivity index (χ4v) is 3.32. The van der Waals surface area contributed by atoms with Crippen LogP contribution >= 0.6 is 0 Å². The number of fused-ring (bicyclic) bond motifs is 1. The van der Waals surface area contributed by atoms with Gasteiger partial charge in [-0.1, -0.05) is 12.1 Å². The Morgan fingerprint density at radius 2 is 2.00 bits per heavy atom. The van der Waals surface area contributed by atoms with Crippen molar-refractivity contribution in [1.82, 2.24) is 0 Å². The van der Waals surface area contributed by atoms with Crippen LogP contribution in [0.15, 0.2) is 18.2 Å². The summed E-state index contributed by atoms with van der Waals surface area (Å²) in [5.41, 5.74) is 9.23. The van der Waals surface area contributed by atoms with Gasteiger partial charge in [-0.2, -0.15) is 0 Å². The molecule has 0 unspecified atom stereocenters. The Balaban J connectivity index is 1.76. The number of hydrogen-bond acceptors (Lipinski definition) is 3. The minimum atomic E-state index is -0.0188. The zero-order chi connectivity index (χ0) is 12.2. The molecule has 2 aliphatic heterocycles. The predicted molar refractivity (Wildman–Crippen MR) is 68.9 cm³/mol. The Labute approximate surface area is 107 Å². The van der Waals surface area contributed by atoms with Gasteiger partial charge in [0.2, 0.25) is 0 Å². The van der Waals surface area contributed by atoms with Crippen molar-refractivity contribution in [3.8, 4) is 5.75 Å². The molecule has 0 spiro atoms. The molecular formula is C15H19NO2. The van der Waals surface area contributed by atoms with Gasteiger partial charge in [-0.15, -0.1) is 0 Å². The molecule has 1 saturated carbocycles. The van der Waals surface area contributed by atoms with Crippen LogP contribution in [0.4, 0.5) is 0 Å². The minimum absolute atomic E-state index is 0.0188. The molecule has 0 amide bonds. The van der Waals surface area contributed by atoms with Crippen molar-refractivity contribution in [3.05, 3.63) is 29.3 Å². The average molecular weight is 245 g/mol. The summed E-state index contributed by atoms with van der Waals surface area (Å²) >= 11 is 0. The van der Waals surface area contributed by atoms with Gasteiger partial charge in [0.1, 0.15) is 5.75 Å². The zero-order valence-corrected chi connectivity index (χ0v) is 10.6. The third-order valence-corrected chi connectivity index (χ3v) is 4.90. The van der Waals surface area contributed by atoms with Gasteiger partial charge in [0.15, 0.2) is 0 Å². The number of nitrogens with two attached hydrogens (primary N) is 1. The molecule has 3 heteroatoms. The molecule has 0 atom stereocenters. The first-order chi connectivity index (χ1) is 8.74. The maximum Gasteiger partial charge on any atom is 0.122 e. The molecule has 2 heterocycles. The largest absolute Gasteiger partial charge is 0.493 e. The number of aryl methyl sites for hydroxylation is 1. The van der Waals surface area contributed by atoms with Gasteiger partial charge in [0.05, 0.1) is 25.2 Å². The average Bonchev–Trinajstić information content (AvgIpc) is 3.06. The van der Waals surface area contributed by atoms with Gasteiger partial charge in [-0.3, -0.25) is 0 Å². The van der Waals surface area contributed by atoms with Crippen molar-refractivity contribution in [1.29, 1.82) is 0 Å². The van der Waals surface area contributed by atoms with E-state index in [0.717, 1.165) is 51.3 Å². The molecule has 18 heavy (non-hydrogen) atoms. The van der Waals surface area contributed by atoms with E-state index in [-0.39, 0.29) is 11.0 Å². The molecule has 1 saturated heterocycles. The maximum absolute atomic E-state index is 6.48. The van der Waals surface area contributed by atoms with E-state index in [4.69, 9.17) is 15.2 Å². The van der Waals surface area contributed by atoms with Crippen molar-refractivity contribution in [3.63, 3.8) is 0 Å². The first kappa shape index (κ1) is 10.8. The highest BCUT2D eigenvalue weighted by Gasteiger charge is 2.61. The molecule has 0 bridgehead atoms. The van der Waals surface area contributed by atoms with Gasteiger partial charge in [0, 0.05) is 5.54 Å². The van der Waals surface area contributed by atoms with Gasteiger partial charge in [-0.05, 0) is 42.9 Å². The second-order valence-corrected chi connectivity index (χ2v) is 6.01. The summed E-state index contributed by atoms with van der Waals surface area (Å²) in [6.45, 7) is 2.41. The van der Waals surface area contributed by atoms with Crippen LogP contribution in [0.3, 0.4) is 0 Å². The zero-order valence-electron chi connectivity index (χ0n) is 10.6. The molecule has 2 fully saturated rings. The van der Waals surface area contributed by atoms with Gasteiger partial charge < -0.3 is 15.2 Å². The Kier molecular flexibility index (Phi) is 2.10. The van der Waals surface area contributed by atoms with E-state index in [0.29, 0.717) is 0 Å². The van der Waals surface area contributed by atoms with Gasteiger partial charge in [-0.25, -0.2) is 0 Å². The van der Waals surface area contributed by atoms with Crippen LogP contribution in [-0.2, 0) is 16.6 Å². The molecule has 1 aromatic carbocycles. The number of benzene rings is 1. The first-order valence-corrected chi connectivity index (χ1v) is 6.86. The topological polar surface area (TPSA) is 44.5 Å². The summed E-state index contributed by atoms with van der Waals surface area (Å²) in [5, 5.41) is 0. The highest BCUT2D eigenvalue weighted by Crippen LogP contribution is 2.53. The van der Waals surface area contributed by atoms with Crippen LogP contribution in [0.1, 0.15) is 30.4 Å². The van der Waals surface area contributed by atoms with Crippen LogP contribution in [0.2, 0.25) is 0 Å². The summed E-state index contributed by atoms with van der Waals surface area (Å²) in [5.74, 6) is 1.06. The number of rotatable bonds is 2. The molecule has 0 aromatic heterocycles. The minimum Gasteiger partial charge on any atom is -0.493 e. The Hall–Kier alpha value is -1.06. The second-order valence-electron chi connectivity index (χ2n) is 6.01. The van der Waals surface area contributed by atoms with E-state index in [1.807, 2.05) is 0 Å².